The molecule has 0 spiro atoms. The lowest BCUT2D eigenvalue weighted by Crippen LogP contribution is -2.44. The van der Waals surface area contributed by atoms with Gasteiger partial charge >= 0.3 is 0 Å². The molecule has 4 nitrogen and oxygen atoms in total. The van der Waals surface area contributed by atoms with Gasteiger partial charge in [-0.2, -0.15) is 0 Å². The van der Waals surface area contributed by atoms with E-state index in [0.717, 1.165) is 12.8 Å². The van der Waals surface area contributed by atoms with Crippen molar-refractivity contribution < 1.29 is 4.79 Å². The normalized spacial score (nSPS) is 18.2. The van der Waals surface area contributed by atoms with Gasteiger partial charge in [0.25, 0.3) is 5.91 Å². The smallest absolute Gasteiger partial charge is 0.272 e. The lowest BCUT2D eigenvalue weighted by Gasteiger charge is -2.36. The quantitative estimate of drug-likeness (QED) is 0.895. The van der Waals surface area contributed by atoms with Crippen LogP contribution in [0.3, 0.4) is 0 Å². The highest BCUT2D eigenvalue weighted by Crippen LogP contribution is 2.25. The molecule has 0 saturated heterocycles. The van der Waals surface area contributed by atoms with Crippen LogP contribution >= 0.6 is 0 Å². The Labute approximate surface area is 112 Å². The number of carbonyl (C=O) groups is 1. The molecule has 0 radical (unpaired) electrons. The zero-order valence-corrected chi connectivity index (χ0v) is 11.0. The summed E-state index contributed by atoms with van der Waals surface area (Å²) in [6.07, 6.45) is 5.04. The van der Waals surface area contributed by atoms with Crippen molar-refractivity contribution >= 4 is 5.91 Å². The van der Waals surface area contributed by atoms with Crippen LogP contribution in [0.5, 0.6) is 0 Å². The highest BCUT2D eigenvalue weighted by molar-refractivity contribution is 5.92. The Balaban J connectivity index is 1.91. The third-order valence-corrected chi connectivity index (χ3v) is 3.82. The van der Waals surface area contributed by atoms with E-state index in [1.165, 1.54) is 11.1 Å². The van der Waals surface area contributed by atoms with Crippen molar-refractivity contribution in [1.29, 1.82) is 0 Å². The van der Waals surface area contributed by atoms with Crippen molar-refractivity contribution in [2.24, 2.45) is 0 Å². The molecule has 3 rings (SSSR count). The number of amides is 1. The van der Waals surface area contributed by atoms with Crippen LogP contribution in [0, 0.1) is 0 Å². The molecule has 1 amide bonds. The number of nitrogens with zero attached hydrogens (tertiary/aromatic N) is 2. The maximum atomic E-state index is 12.5. The minimum Gasteiger partial charge on any atom is -0.341 e. The van der Waals surface area contributed by atoms with Crippen molar-refractivity contribution in [3.05, 3.63) is 53.6 Å². The summed E-state index contributed by atoms with van der Waals surface area (Å²) in [5.74, 6) is 0.0406. The molecule has 98 valence electrons. The van der Waals surface area contributed by atoms with E-state index in [4.69, 9.17) is 0 Å². The highest BCUT2D eigenvalue weighted by atomic mass is 16.2. The average Bonchev–Trinajstić information content (AvgIpc) is 2.99. The fourth-order valence-electron chi connectivity index (χ4n) is 2.72. The molecule has 1 unspecified atom stereocenters. The summed E-state index contributed by atoms with van der Waals surface area (Å²) in [4.78, 5) is 21.3. The number of rotatable bonds is 2. The first kappa shape index (κ1) is 12.0. The molecule has 1 atom stereocenters. The van der Waals surface area contributed by atoms with Crippen molar-refractivity contribution in [2.45, 2.75) is 32.4 Å². The van der Waals surface area contributed by atoms with Crippen molar-refractivity contribution in [2.75, 3.05) is 0 Å². The monoisotopic (exact) mass is 255 g/mol. The molecular weight excluding hydrogens is 238 g/mol. The highest BCUT2D eigenvalue weighted by Gasteiger charge is 2.29. The second kappa shape index (κ2) is 4.88. The fraction of sp³-hybridized carbons (Fsp3) is 0.333. The number of hydrogen-bond acceptors (Lipinski definition) is 2. The summed E-state index contributed by atoms with van der Waals surface area (Å²) in [6, 6.07) is 8.64. The lowest BCUT2D eigenvalue weighted by atomic mass is 9.92. The lowest BCUT2D eigenvalue weighted by molar-refractivity contribution is 0.0629. The molecular formula is C15H17N3O. The Hall–Kier alpha value is -2.10. The first-order valence-corrected chi connectivity index (χ1v) is 6.65. The van der Waals surface area contributed by atoms with Gasteiger partial charge in [0.05, 0.1) is 12.5 Å². The average molecular weight is 255 g/mol. The first-order chi connectivity index (χ1) is 9.29. The Morgan fingerprint density at radius 3 is 2.89 bits per heavy atom. The van der Waals surface area contributed by atoms with Gasteiger partial charge in [0.15, 0.2) is 0 Å². The molecule has 2 aromatic rings. The van der Waals surface area contributed by atoms with E-state index in [2.05, 4.69) is 35.1 Å². The number of hydrogen-bond donors (Lipinski definition) is 1. The van der Waals surface area contributed by atoms with Crippen LogP contribution in [-0.4, -0.2) is 26.8 Å². The molecule has 1 aliphatic rings. The van der Waals surface area contributed by atoms with Gasteiger partial charge in [-0.25, -0.2) is 4.98 Å². The van der Waals surface area contributed by atoms with Gasteiger partial charge in [0, 0.05) is 12.6 Å². The Bertz CT molecular complexity index is 577. The predicted octanol–water partition coefficient (Wildman–Crippen LogP) is 2.39. The van der Waals surface area contributed by atoms with E-state index < -0.39 is 0 Å². The van der Waals surface area contributed by atoms with Crippen LogP contribution in [-0.2, 0) is 13.0 Å². The molecule has 19 heavy (non-hydrogen) atoms. The Morgan fingerprint density at radius 2 is 2.21 bits per heavy atom. The molecule has 2 heterocycles. The van der Waals surface area contributed by atoms with E-state index in [-0.39, 0.29) is 11.9 Å². The molecule has 0 saturated carbocycles. The van der Waals surface area contributed by atoms with Crippen LogP contribution in [0.2, 0.25) is 0 Å². The minimum atomic E-state index is 0.0406. The number of carbonyl (C=O) groups excluding carboxylic acids is 1. The molecule has 0 fully saturated rings. The van der Waals surface area contributed by atoms with Gasteiger partial charge in [-0.3, -0.25) is 4.79 Å². The van der Waals surface area contributed by atoms with E-state index in [1.807, 2.05) is 11.0 Å². The number of imidazole rings is 1. The van der Waals surface area contributed by atoms with Gasteiger partial charge in [0.2, 0.25) is 0 Å². The van der Waals surface area contributed by atoms with E-state index >= 15 is 0 Å². The van der Waals surface area contributed by atoms with Crippen LogP contribution in [0.1, 0.15) is 35.0 Å². The van der Waals surface area contributed by atoms with Gasteiger partial charge in [0.1, 0.15) is 5.69 Å². The molecule has 1 aromatic heterocycles. The van der Waals surface area contributed by atoms with Crippen molar-refractivity contribution in [3.63, 3.8) is 0 Å². The van der Waals surface area contributed by atoms with Crippen LogP contribution < -0.4 is 0 Å². The van der Waals surface area contributed by atoms with E-state index in [9.17, 15) is 4.79 Å². The van der Waals surface area contributed by atoms with Crippen molar-refractivity contribution in [3.8, 4) is 0 Å². The first-order valence-electron chi connectivity index (χ1n) is 6.65. The Morgan fingerprint density at radius 1 is 1.42 bits per heavy atom. The standard InChI is InChI=1S/C15H17N3O/c1-2-13-7-11-5-3-4-6-12(11)9-18(13)15(19)14-8-16-10-17-14/h3-6,8,10,13H,2,7,9H2,1H3,(H,16,17). The molecule has 1 aromatic carbocycles. The van der Waals surface area contributed by atoms with Crippen LogP contribution in [0.15, 0.2) is 36.8 Å². The molecule has 4 heteroatoms. The third-order valence-electron chi connectivity index (χ3n) is 3.82. The summed E-state index contributed by atoms with van der Waals surface area (Å²) >= 11 is 0. The SMILES string of the molecule is CCC1Cc2ccccc2CN1C(=O)c1cnc[nH]1. The molecule has 1 aliphatic heterocycles. The predicted molar refractivity (Wildman–Crippen MR) is 72.7 cm³/mol. The largest absolute Gasteiger partial charge is 0.341 e. The zero-order valence-electron chi connectivity index (χ0n) is 11.0. The Kier molecular flexibility index (Phi) is 3.07. The minimum absolute atomic E-state index is 0.0406. The maximum absolute atomic E-state index is 12.5. The van der Waals surface area contributed by atoms with Gasteiger partial charge < -0.3 is 9.88 Å². The van der Waals surface area contributed by atoms with E-state index in [1.54, 1.807) is 12.5 Å². The molecule has 0 bridgehead atoms. The summed E-state index contributed by atoms with van der Waals surface area (Å²) in [5.41, 5.74) is 3.18. The maximum Gasteiger partial charge on any atom is 0.272 e. The second-order valence-electron chi connectivity index (χ2n) is 4.93. The van der Waals surface area contributed by atoms with Gasteiger partial charge in [-0.15, -0.1) is 0 Å². The number of H-pyrrole nitrogens is 1. The summed E-state index contributed by atoms with van der Waals surface area (Å²) in [5, 5.41) is 0. The van der Waals surface area contributed by atoms with Crippen molar-refractivity contribution in [1.82, 2.24) is 14.9 Å². The van der Waals surface area contributed by atoms with Crippen LogP contribution in [0.25, 0.3) is 0 Å². The summed E-state index contributed by atoms with van der Waals surface area (Å²) < 4.78 is 0. The van der Waals surface area contributed by atoms with Gasteiger partial charge in [-0.1, -0.05) is 31.2 Å². The van der Waals surface area contributed by atoms with Gasteiger partial charge in [-0.05, 0) is 24.0 Å². The molecule has 1 N–H and O–H groups in total. The number of fused-ring (bicyclic) bond motifs is 1. The second-order valence-corrected chi connectivity index (χ2v) is 4.93. The molecule has 0 aliphatic carbocycles. The number of aromatic nitrogens is 2. The van der Waals surface area contributed by atoms with Crippen LogP contribution in [0.4, 0.5) is 0 Å². The summed E-state index contributed by atoms with van der Waals surface area (Å²) in [7, 11) is 0. The number of nitrogens with one attached hydrogen (secondary N) is 1. The zero-order chi connectivity index (χ0) is 13.2. The third kappa shape index (κ3) is 2.14. The fourth-order valence-corrected chi connectivity index (χ4v) is 2.72. The van der Waals surface area contributed by atoms with E-state index in [0.29, 0.717) is 12.2 Å². The number of benzene rings is 1. The number of aromatic amines is 1. The summed E-state index contributed by atoms with van der Waals surface area (Å²) in [6.45, 7) is 2.82. The topological polar surface area (TPSA) is 49.0 Å².